The van der Waals surface area contributed by atoms with Crippen molar-refractivity contribution in [3.63, 3.8) is 0 Å². The van der Waals surface area contributed by atoms with Crippen LogP contribution in [0.3, 0.4) is 0 Å². The standard InChI is InChI=1S/C10H12N2O/c1-12-9-5-3-2-4-8(9)6-10(12)11-7-13/h6H,2-5H2,1H3. The Morgan fingerprint density at radius 2 is 2.23 bits per heavy atom. The van der Waals surface area contributed by atoms with Crippen molar-refractivity contribution in [3.8, 4) is 0 Å². The summed E-state index contributed by atoms with van der Waals surface area (Å²) >= 11 is 0. The molecule has 0 unspecified atom stereocenters. The highest BCUT2D eigenvalue weighted by Gasteiger charge is 2.15. The summed E-state index contributed by atoms with van der Waals surface area (Å²) in [5.74, 6) is 0.738. The number of aromatic nitrogens is 1. The van der Waals surface area contributed by atoms with E-state index in [1.54, 1.807) is 6.08 Å². The van der Waals surface area contributed by atoms with E-state index in [2.05, 4.69) is 4.99 Å². The summed E-state index contributed by atoms with van der Waals surface area (Å²) in [6, 6.07) is 2.00. The average molecular weight is 176 g/mol. The van der Waals surface area contributed by atoms with Crippen LogP contribution >= 0.6 is 0 Å². The predicted molar refractivity (Wildman–Crippen MR) is 49.8 cm³/mol. The lowest BCUT2D eigenvalue weighted by atomic mass is 9.98. The monoisotopic (exact) mass is 176 g/mol. The SMILES string of the molecule is Cn1c(N=C=O)cc2c1CCCC2. The van der Waals surface area contributed by atoms with Crippen molar-refractivity contribution < 1.29 is 4.79 Å². The Morgan fingerprint density at radius 1 is 1.46 bits per heavy atom. The molecule has 1 aliphatic rings. The first kappa shape index (κ1) is 8.27. The molecule has 0 saturated carbocycles. The third-order valence-electron chi connectivity index (χ3n) is 2.69. The van der Waals surface area contributed by atoms with Crippen molar-refractivity contribution in [2.75, 3.05) is 0 Å². The molecular weight excluding hydrogens is 164 g/mol. The molecule has 13 heavy (non-hydrogen) atoms. The molecule has 68 valence electrons. The number of rotatable bonds is 1. The number of hydrogen-bond acceptors (Lipinski definition) is 2. The fraction of sp³-hybridized carbons (Fsp3) is 0.500. The maximum Gasteiger partial charge on any atom is 0.242 e. The van der Waals surface area contributed by atoms with Gasteiger partial charge in [0.25, 0.3) is 0 Å². The van der Waals surface area contributed by atoms with E-state index < -0.39 is 0 Å². The highest BCUT2D eigenvalue weighted by Crippen LogP contribution is 2.27. The number of carbonyl (C=O) groups excluding carboxylic acids is 1. The van der Waals surface area contributed by atoms with Crippen molar-refractivity contribution in [1.82, 2.24) is 4.57 Å². The molecule has 1 aromatic rings. The van der Waals surface area contributed by atoms with Gasteiger partial charge in [0.05, 0.1) is 0 Å². The Morgan fingerprint density at radius 3 is 2.92 bits per heavy atom. The fourth-order valence-corrected chi connectivity index (χ4v) is 2.00. The molecular formula is C10H12N2O. The van der Waals surface area contributed by atoms with Gasteiger partial charge < -0.3 is 4.57 Å². The van der Waals surface area contributed by atoms with Crippen LogP contribution in [0.2, 0.25) is 0 Å². The molecule has 1 aromatic heterocycles. The largest absolute Gasteiger partial charge is 0.332 e. The van der Waals surface area contributed by atoms with Gasteiger partial charge in [-0.3, -0.25) is 0 Å². The number of hydrogen-bond donors (Lipinski definition) is 0. The average Bonchev–Trinajstić information content (AvgIpc) is 2.46. The summed E-state index contributed by atoms with van der Waals surface area (Å²) in [6.07, 6.45) is 6.32. The van der Waals surface area contributed by atoms with Gasteiger partial charge in [-0.25, -0.2) is 4.79 Å². The first-order chi connectivity index (χ1) is 6.33. The van der Waals surface area contributed by atoms with E-state index in [-0.39, 0.29) is 0 Å². The summed E-state index contributed by atoms with van der Waals surface area (Å²) < 4.78 is 2.00. The van der Waals surface area contributed by atoms with E-state index >= 15 is 0 Å². The van der Waals surface area contributed by atoms with Crippen molar-refractivity contribution in [3.05, 3.63) is 17.3 Å². The van der Waals surface area contributed by atoms with Crippen LogP contribution in [0.4, 0.5) is 5.82 Å². The Balaban J connectivity index is 2.50. The van der Waals surface area contributed by atoms with E-state index in [1.165, 1.54) is 24.1 Å². The third kappa shape index (κ3) is 1.31. The maximum absolute atomic E-state index is 10.1. The molecule has 2 rings (SSSR count). The van der Waals surface area contributed by atoms with Gasteiger partial charge in [-0.05, 0) is 37.3 Å². The zero-order valence-corrected chi connectivity index (χ0v) is 7.71. The van der Waals surface area contributed by atoms with Crippen LogP contribution in [0.15, 0.2) is 11.1 Å². The van der Waals surface area contributed by atoms with Gasteiger partial charge in [-0.2, -0.15) is 0 Å². The molecule has 0 N–H and O–H groups in total. The van der Waals surface area contributed by atoms with Crippen LogP contribution in [0.25, 0.3) is 0 Å². The van der Waals surface area contributed by atoms with Gasteiger partial charge in [0.1, 0.15) is 5.82 Å². The number of aryl methyl sites for hydroxylation is 1. The molecule has 0 atom stereocenters. The highest BCUT2D eigenvalue weighted by atomic mass is 16.1. The summed E-state index contributed by atoms with van der Waals surface area (Å²) in [4.78, 5) is 13.8. The Labute approximate surface area is 77.1 Å². The summed E-state index contributed by atoms with van der Waals surface area (Å²) in [6.45, 7) is 0. The Kier molecular flexibility index (Phi) is 2.03. The van der Waals surface area contributed by atoms with Crippen molar-refractivity contribution in [1.29, 1.82) is 0 Å². The van der Waals surface area contributed by atoms with E-state index in [9.17, 15) is 4.79 Å². The third-order valence-corrected chi connectivity index (χ3v) is 2.69. The van der Waals surface area contributed by atoms with Crippen LogP contribution in [0.5, 0.6) is 0 Å². The number of fused-ring (bicyclic) bond motifs is 1. The van der Waals surface area contributed by atoms with Crippen LogP contribution in [0, 0.1) is 0 Å². The molecule has 3 nitrogen and oxygen atoms in total. The lowest BCUT2D eigenvalue weighted by Crippen LogP contribution is -2.04. The number of aliphatic imine (C=N–C) groups is 1. The Bertz CT molecular complexity index is 373. The van der Waals surface area contributed by atoms with Crippen molar-refractivity contribution in [2.45, 2.75) is 25.7 Å². The van der Waals surface area contributed by atoms with Gasteiger partial charge in [0.15, 0.2) is 0 Å². The molecule has 1 heterocycles. The van der Waals surface area contributed by atoms with Crippen LogP contribution in [-0.2, 0) is 24.7 Å². The van der Waals surface area contributed by atoms with E-state index in [0.29, 0.717) is 0 Å². The van der Waals surface area contributed by atoms with Gasteiger partial charge in [-0.1, -0.05) is 0 Å². The highest BCUT2D eigenvalue weighted by molar-refractivity contribution is 5.49. The van der Waals surface area contributed by atoms with Gasteiger partial charge >= 0.3 is 0 Å². The first-order valence-electron chi connectivity index (χ1n) is 4.58. The minimum atomic E-state index is 0.738. The number of nitrogens with zero attached hydrogens (tertiary/aromatic N) is 2. The van der Waals surface area contributed by atoms with Gasteiger partial charge in [-0.15, -0.1) is 4.99 Å². The quantitative estimate of drug-likeness (QED) is 0.475. The second-order valence-electron chi connectivity index (χ2n) is 3.44. The summed E-state index contributed by atoms with van der Waals surface area (Å²) in [5, 5.41) is 0. The zero-order valence-electron chi connectivity index (χ0n) is 7.71. The normalized spacial score (nSPS) is 14.8. The predicted octanol–water partition coefficient (Wildman–Crippen LogP) is 1.87. The second kappa shape index (κ2) is 3.19. The van der Waals surface area contributed by atoms with Crippen molar-refractivity contribution in [2.24, 2.45) is 12.0 Å². The molecule has 0 saturated heterocycles. The molecule has 0 aromatic carbocycles. The first-order valence-corrected chi connectivity index (χ1v) is 4.58. The molecule has 1 aliphatic carbocycles. The molecule has 3 heteroatoms. The van der Waals surface area contributed by atoms with E-state index in [4.69, 9.17) is 0 Å². The summed E-state index contributed by atoms with van der Waals surface area (Å²) in [7, 11) is 1.96. The van der Waals surface area contributed by atoms with Gasteiger partial charge in [0.2, 0.25) is 6.08 Å². The minimum Gasteiger partial charge on any atom is -0.332 e. The molecule has 0 radical (unpaired) electrons. The van der Waals surface area contributed by atoms with Crippen molar-refractivity contribution >= 4 is 11.9 Å². The van der Waals surface area contributed by atoms with Crippen LogP contribution in [-0.4, -0.2) is 10.6 Å². The summed E-state index contributed by atoms with van der Waals surface area (Å²) in [5.41, 5.74) is 2.68. The van der Waals surface area contributed by atoms with Gasteiger partial charge in [0, 0.05) is 12.7 Å². The zero-order chi connectivity index (χ0) is 9.26. The molecule has 0 amide bonds. The lowest BCUT2D eigenvalue weighted by molar-refractivity contribution is 0.565. The van der Waals surface area contributed by atoms with Crippen LogP contribution in [0.1, 0.15) is 24.1 Å². The molecule has 0 bridgehead atoms. The minimum absolute atomic E-state index is 0.738. The molecule has 0 fully saturated rings. The topological polar surface area (TPSA) is 34.4 Å². The van der Waals surface area contributed by atoms with E-state index in [1.807, 2.05) is 17.7 Å². The second-order valence-corrected chi connectivity index (χ2v) is 3.44. The number of isocyanates is 1. The Hall–Kier alpha value is -1.34. The molecule has 0 spiro atoms. The van der Waals surface area contributed by atoms with E-state index in [0.717, 1.165) is 18.7 Å². The fourth-order valence-electron chi connectivity index (χ4n) is 2.00. The smallest absolute Gasteiger partial charge is 0.242 e. The maximum atomic E-state index is 10.1. The lowest BCUT2D eigenvalue weighted by Gasteiger charge is -2.12. The van der Waals surface area contributed by atoms with Crippen LogP contribution < -0.4 is 0 Å². The molecule has 0 aliphatic heterocycles.